The number of nitrogens with zero attached hydrogens (tertiary/aromatic N) is 2. The second kappa shape index (κ2) is 6.93. The van der Waals surface area contributed by atoms with Crippen LogP contribution < -0.4 is 0 Å². The van der Waals surface area contributed by atoms with Gasteiger partial charge in [-0.05, 0) is 12.2 Å². The zero-order chi connectivity index (χ0) is 7.82. The number of hydrogen-bond donors (Lipinski definition) is 0. The van der Waals surface area contributed by atoms with Crippen LogP contribution in [0.2, 0.25) is 0 Å². The molecule has 3 heteroatoms. The van der Waals surface area contributed by atoms with Crippen molar-refractivity contribution >= 4 is 18.0 Å². The van der Waals surface area contributed by atoms with Gasteiger partial charge in [-0.1, -0.05) is 6.92 Å². The van der Waals surface area contributed by atoms with Gasteiger partial charge >= 0.3 is 0 Å². The molecule has 0 aliphatic heterocycles. The minimum absolute atomic E-state index is 1.03. The summed E-state index contributed by atoms with van der Waals surface area (Å²) in [6.45, 7) is 2.19. The van der Waals surface area contributed by atoms with E-state index in [0.29, 0.717) is 0 Å². The highest BCUT2D eigenvalue weighted by molar-refractivity contribution is 7.99. The zero-order valence-corrected chi connectivity index (χ0v) is 7.82. The monoisotopic (exact) mass is 160 g/mol. The molecular formula is C7H16N2S. The molecule has 0 saturated heterocycles. The van der Waals surface area contributed by atoms with Gasteiger partial charge in [0.05, 0.1) is 0 Å². The van der Waals surface area contributed by atoms with E-state index in [1.165, 1.54) is 12.2 Å². The third-order valence-corrected chi connectivity index (χ3v) is 1.94. The number of thioether (sulfide) groups is 1. The first kappa shape index (κ1) is 9.82. The van der Waals surface area contributed by atoms with Crippen molar-refractivity contribution < 1.29 is 0 Å². The Labute approximate surface area is 67.7 Å². The molecule has 0 fully saturated rings. The molecule has 0 rings (SSSR count). The molecular weight excluding hydrogens is 144 g/mol. The molecule has 0 bridgehead atoms. The summed E-state index contributed by atoms with van der Waals surface area (Å²) in [7, 11) is 3.86. The molecule has 0 aromatic carbocycles. The third kappa shape index (κ3) is 7.82. The van der Waals surface area contributed by atoms with Gasteiger partial charge in [-0.2, -0.15) is 16.9 Å². The fourth-order valence-electron chi connectivity index (χ4n) is 0.477. The van der Waals surface area contributed by atoms with Crippen molar-refractivity contribution in [2.24, 2.45) is 5.10 Å². The highest BCUT2D eigenvalue weighted by Gasteiger charge is 1.81. The van der Waals surface area contributed by atoms with Crippen molar-refractivity contribution in [3.63, 3.8) is 0 Å². The van der Waals surface area contributed by atoms with Gasteiger partial charge in [0.1, 0.15) is 0 Å². The average molecular weight is 160 g/mol. The van der Waals surface area contributed by atoms with Crippen molar-refractivity contribution in [3.05, 3.63) is 0 Å². The van der Waals surface area contributed by atoms with Crippen molar-refractivity contribution in [2.75, 3.05) is 25.6 Å². The lowest BCUT2D eigenvalue weighted by atomic mass is 10.6. The Hall–Kier alpha value is -0.180. The fraction of sp³-hybridized carbons (Fsp3) is 0.857. The normalized spacial score (nSPS) is 10.7. The van der Waals surface area contributed by atoms with Gasteiger partial charge in [0.2, 0.25) is 0 Å². The first-order valence-corrected chi connectivity index (χ1v) is 4.70. The van der Waals surface area contributed by atoms with Gasteiger partial charge in [0.15, 0.2) is 0 Å². The lowest BCUT2D eigenvalue weighted by molar-refractivity contribution is 0.440. The second-order valence-corrected chi connectivity index (χ2v) is 3.37. The van der Waals surface area contributed by atoms with Crippen LogP contribution >= 0.6 is 11.8 Å². The van der Waals surface area contributed by atoms with E-state index in [4.69, 9.17) is 0 Å². The van der Waals surface area contributed by atoms with Crippen LogP contribution in [0.25, 0.3) is 0 Å². The van der Waals surface area contributed by atoms with E-state index in [1.54, 1.807) is 0 Å². The molecule has 0 aromatic rings. The highest BCUT2D eigenvalue weighted by Crippen LogP contribution is 1.98. The highest BCUT2D eigenvalue weighted by atomic mass is 32.2. The first-order chi connectivity index (χ1) is 4.77. The molecule has 0 unspecified atom stereocenters. The van der Waals surface area contributed by atoms with Gasteiger partial charge in [-0.25, -0.2) is 0 Å². The quantitative estimate of drug-likeness (QED) is 0.345. The molecule has 0 saturated carbocycles. The van der Waals surface area contributed by atoms with E-state index in [2.05, 4.69) is 12.0 Å². The minimum Gasteiger partial charge on any atom is -0.303 e. The molecule has 0 amide bonds. The summed E-state index contributed by atoms with van der Waals surface area (Å²) in [6.07, 6.45) is 3.20. The summed E-state index contributed by atoms with van der Waals surface area (Å²) < 4.78 is 0. The van der Waals surface area contributed by atoms with E-state index < -0.39 is 0 Å². The molecule has 2 nitrogen and oxygen atoms in total. The summed E-state index contributed by atoms with van der Waals surface area (Å²) in [5, 5.41) is 5.90. The minimum atomic E-state index is 1.03. The maximum Gasteiger partial charge on any atom is 0.0344 e. The maximum atomic E-state index is 4.08. The van der Waals surface area contributed by atoms with Gasteiger partial charge < -0.3 is 5.01 Å². The topological polar surface area (TPSA) is 15.6 Å². The molecule has 60 valence electrons. The smallest absolute Gasteiger partial charge is 0.0344 e. The van der Waals surface area contributed by atoms with E-state index in [0.717, 1.165) is 5.75 Å². The molecule has 10 heavy (non-hydrogen) atoms. The molecule has 0 heterocycles. The van der Waals surface area contributed by atoms with E-state index >= 15 is 0 Å². The molecule has 0 atom stereocenters. The number of hydrogen-bond acceptors (Lipinski definition) is 3. The number of rotatable bonds is 5. The van der Waals surface area contributed by atoms with E-state index in [-0.39, 0.29) is 0 Å². The lowest BCUT2D eigenvalue weighted by Gasteiger charge is -2.01. The molecule has 0 radical (unpaired) electrons. The molecule has 0 aromatic heterocycles. The number of hydrazone groups is 1. The Balaban J connectivity index is 3.02. The standard InChI is InChI=1S/C7H16N2S/c1-4-6-10-7-5-8-9(2)3/h5H,4,6-7H2,1-3H3/b8-5+. The summed E-state index contributed by atoms with van der Waals surface area (Å²) in [5.74, 6) is 2.27. The van der Waals surface area contributed by atoms with Gasteiger partial charge in [-0.3, -0.25) is 0 Å². The molecule has 0 aliphatic carbocycles. The van der Waals surface area contributed by atoms with Crippen LogP contribution in [-0.4, -0.2) is 36.8 Å². The Kier molecular flexibility index (Phi) is 6.81. The van der Waals surface area contributed by atoms with Crippen LogP contribution in [0.5, 0.6) is 0 Å². The summed E-state index contributed by atoms with van der Waals surface area (Å²) in [4.78, 5) is 0. The van der Waals surface area contributed by atoms with Crippen molar-refractivity contribution in [3.8, 4) is 0 Å². The van der Waals surface area contributed by atoms with Crippen LogP contribution in [0, 0.1) is 0 Å². The van der Waals surface area contributed by atoms with Crippen LogP contribution in [0.15, 0.2) is 5.10 Å². The molecule has 0 N–H and O–H groups in total. The van der Waals surface area contributed by atoms with E-state index in [9.17, 15) is 0 Å². The third-order valence-electron chi connectivity index (χ3n) is 0.853. The predicted molar refractivity (Wildman–Crippen MR) is 49.8 cm³/mol. The average Bonchev–Trinajstić information content (AvgIpc) is 1.87. The lowest BCUT2D eigenvalue weighted by Crippen LogP contribution is -2.02. The summed E-state index contributed by atoms with van der Waals surface area (Å²) >= 11 is 1.92. The van der Waals surface area contributed by atoms with Gasteiger partial charge in [0, 0.05) is 26.1 Å². The summed E-state index contributed by atoms with van der Waals surface area (Å²) in [5.41, 5.74) is 0. The molecule has 0 aliphatic rings. The predicted octanol–water partition coefficient (Wildman–Crippen LogP) is 1.68. The van der Waals surface area contributed by atoms with E-state index in [1.807, 2.05) is 37.1 Å². The van der Waals surface area contributed by atoms with Crippen LogP contribution in [0.4, 0.5) is 0 Å². The maximum absolute atomic E-state index is 4.08. The Bertz CT molecular complexity index is 91.6. The Morgan fingerprint density at radius 3 is 2.70 bits per heavy atom. The van der Waals surface area contributed by atoms with Crippen molar-refractivity contribution in [1.82, 2.24) is 5.01 Å². The van der Waals surface area contributed by atoms with Gasteiger partial charge in [0.25, 0.3) is 0 Å². The first-order valence-electron chi connectivity index (χ1n) is 3.55. The SMILES string of the molecule is CCCSC/C=N/N(C)C. The van der Waals surface area contributed by atoms with Crippen LogP contribution in [0.3, 0.4) is 0 Å². The molecule has 0 spiro atoms. The largest absolute Gasteiger partial charge is 0.303 e. The zero-order valence-electron chi connectivity index (χ0n) is 7.00. The Morgan fingerprint density at radius 1 is 1.50 bits per heavy atom. The van der Waals surface area contributed by atoms with Crippen molar-refractivity contribution in [2.45, 2.75) is 13.3 Å². The van der Waals surface area contributed by atoms with Crippen LogP contribution in [0.1, 0.15) is 13.3 Å². The van der Waals surface area contributed by atoms with Gasteiger partial charge in [-0.15, -0.1) is 0 Å². The summed E-state index contributed by atoms with van der Waals surface area (Å²) in [6, 6.07) is 0. The van der Waals surface area contributed by atoms with Crippen LogP contribution in [-0.2, 0) is 0 Å². The fourth-order valence-corrected chi connectivity index (χ4v) is 1.10. The Morgan fingerprint density at radius 2 is 2.20 bits per heavy atom. The van der Waals surface area contributed by atoms with Crippen molar-refractivity contribution in [1.29, 1.82) is 0 Å². The second-order valence-electron chi connectivity index (χ2n) is 2.22.